The van der Waals surface area contributed by atoms with Gasteiger partial charge in [0, 0.05) is 18.8 Å². The van der Waals surface area contributed by atoms with Crippen LogP contribution >= 0.6 is 0 Å². The largest absolute Gasteiger partial charge is 0.343 e. The number of pyridine rings is 1. The molecule has 3 nitrogen and oxygen atoms in total. The van der Waals surface area contributed by atoms with E-state index in [4.69, 9.17) is 0 Å². The van der Waals surface area contributed by atoms with Gasteiger partial charge in [-0.25, -0.2) is 0 Å². The third-order valence-corrected chi connectivity index (χ3v) is 3.69. The first kappa shape index (κ1) is 14.5. The van der Waals surface area contributed by atoms with E-state index in [9.17, 15) is 0 Å². The summed E-state index contributed by atoms with van der Waals surface area (Å²) in [6.45, 7) is 4.26. The first-order chi connectivity index (χ1) is 9.65. The van der Waals surface area contributed by atoms with Gasteiger partial charge in [0.2, 0.25) is 0 Å². The van der Waals surface area contributed by atoms with Gasteiger partial charge in [-0.3, -0.25) is 4.98 Å². The van der Waals surface area contributed by atoms with Crippen molar-refractivity contribution in [2.45, 2.75) is 26.3 Å². The zero-order valence-corrected chi connectivity index (χ0v) is 12.7. The summed E-state index contributed by atoms with van der Waals surface area (Å²) >= 11 is 0. The van der Waals surface area contributed by atoms with Gasteiger partial charge in [0.25, 0.3) is 0 Å². The highest BCUT2D eigenvalue weighted by Gasteiger charge is 2.09. The Labute approximate surface area is 121 Å². The maximum Gasteiger partial charge on any atom is 0.0594 e. The average molecular weight is 269 g/mol. The highest BCUT2D eigenvalue weighted by Crippen LogP contribution is 2.24. The van der Waals surface area contributed by atoms with Gasteiger partial charge < -0.3 is 10.2 Å². The minimum Gasteiger partial charge on any atom is -0.343 e. The molecule has 1 aromatic heterocycles. The molecule has 2 aromatic rings. The van der Waals surface area contributed by atoms with Crippen LogP contribution in [0.25, 0.3) is 0 Å². The van der Waals surface area contributed by atoms with Gasteiger partial charge in [-0.15, -0.1) is 0 Å². The SMILES string of the molecule is CCC(NC)c1ccc(N(C)c2ccc(C)cc2)cn1. The van der Waals surface area contributed by atoms with Gasteiger partial charge in [0.05, 0.1) is 17.6 Å². The molecule has 0 aliphatic rings. The summed E-state index contributed by atoms with van der Waals surface area (Å²) in [6, 6.07) is 13.1. The Hall–Kier alpha value is -1.87. The predicted octanol–water partition coefficient (Wildman–Crippen LogP) is 3.83. The summed E-state index contributed by atoms with van der Waals surface area (Å²) in [6.07, 6.45) is 2.98. The topological polar surface area (TPSA) is 28.2 Å². The normalized spacial score (nSPS) is 12.2. The third-order valence-electron chi connectivity index (χ3n) is 3.69. The summed E-state index contributed by atoms with van der Waals surface area (Å²) in [5.74, 6) is 0. The monoisotopic (exact) mass is 269 g/mol. The van der Waals surface area contributed by atoms with Crippen LogP contribution < -0.4 is 10.2 Å². The lowest BCUT2D eigenvalue weighted by molar-refractivity contribution is 0.562. The van der Waals surface area contributed by atoms with E-state index in [1.54, 1.807) is 0 Å². The summed E-state index contributed by atoms with van der Waals surface area (Å²) in [4.78, 5) is 6.73. The van der Waals surface area contributed by atoms with Gasteiger partial charge in [-0.05, 0) is 44.7 Å². The third kappa shape index (κ3) is 3.17. The molecule has 0 spiro atoms. The molecule has 1 aromatic carbocycles. The number of aromatic nitrogens is 1. The smallest absolute Gasteiger partial charge is 0.0594 e. The molecule has 0 bridgehead atoms. The molecule has 0 saturated carbocycles. The maximum absolute atomic E-state index is 4.58. The van der Waals surface area contributed by atoms with Crippen molar-refractivity contribution in [2.75, 3.05) is 19.0 Å². The van der Waals surface area contributed by atoms with E-state index >= 15 is 0 Å². The number of aryl methyl sites for hydroxylation is 1. The molecule has 0 radical (unpaired) electrons. The number of nitrogens with one attached hydrogen (secondary N) is 1. The van der Waals surface area contributed by atoms with Gasteiger partial charge in [-0.2, -0.15) is 0 Å². The minimum absolute atomic E-state index is 0.328. The fourth-order valence-corrected chi connectivity index (χ4v) is 2.28. The zero-order chi connectivity index (χ0) is 14.5. The lowest BCUT2D eigenvalue weighted by Gasteiger charge is -2.20. The molecule has 3 heteroatoms. The Balaban J connectivity index is 2.19. The van der Waals surface area contributed by atoms with Gasteiger partial charge in [0.1, 0.15) is 0 Å². The molecular weight excluding hydrogens is 246 g/mol. The van der Waals surface area contributed by atoms with Gasteiger partial charge in [-0.1, -0.05) is 24.6 Å². The van der Waals surface area contributed by atoms with Gasteiger partial charge >= 0.3 is 0 Å². The van der Waals surface area contributed by atoms with Crippen LogP contribution in [0.2, 0.25) is 0 Å². The van der Waals surface area contributed by atoms with Crippen molar-refractivity contribution in [1.82, 2.24) is 10.3 Å². The maximum atomic E-state index is 4.58. The molecule has 0 aliphatic heterocycles. The fourth-order valence-electron chi connectivity index (χ4n) is 2.28. The van der Waals surface area contributed by atoms with E-state index in [0.29, 0.717) is 6.04 Å². The van der Waals surface area contributed by atoms with Crippen molar-refractivity contribution in [3.8, 4) is 0 Å². The van der Waals surface area contributed by atoms with E-state index < -0.39 is 0 Å². The summed E-state index contributed by atoms with van der Waals surface area (Å²) in [5, 5.41) is 3.28. The molecule has 1 heterocycles. The second kappa shape index (κ2) is 6.53. The number of benzene rings is 1. The highest BCUT2D eigenvalue weighted by molar-refractivity contribution is 5.61. The van der Waals surface area contributed by atoms with Crippen LogP contribution in [0, 0.1) is 6.92 Å². The standard InChI is InChI=1S/C17H23N3/c1-5-16(18-3)17-11-10-15(12-19-17)20(4)14-8-6-13(2)7-9-14/h6-12,16,18H,5H2,1-4H3. The van der Waals surface area contributed by atoms with Crippen LogP contribution in [0.5, 0.6) is 0 Å². The lowest BCUT2D eigenvalue weighted by atomic mass is 10.1. The Morgan fingerprint density at radius 1 is 1.10 bits per heavy atom. The van der Waals surface area contributed by atoms with Crippen molar-refractivity contribution >= 4 is 11.4 Å². The summed E-state index contributed by atoms with van der Waals surface area (Å²) < 4.78 is 0. The van der Waals surface area contributed by atoms with Crippen molar-refractivity contribution in [1.29, 1.82) is 0 Å². The van der Waals surface area contributed by atoms with Crippen LogP contribution in [0.15, 0.2) is 42.6 Å². The molecule has 106 valence electrons. The second-order valence-corrected chi connectivity index (χ2v) is 5.09. The predicted molar refractivity (Wildman–Crippen MR) is 85.6 cm³/mol. The Morgan fingerprint density at radius 2 is 1.75 bits per heavy atom. The first-order valence-corrected chi connectivity index (χ1v) is 7.09. The minimum atomic E-state index is 0.328. The molecule has 1 N–H and O–H groups in total. The molecular formula is C17H23N3. The van der Waals surface area contributed by atoms with Crippen LogP contribution in [0.1, 0.15) is 30.6 Å². The first-order valence-electron chi connectivity index (χ1n) is 7.09. The number of hydrogen-bond acceptors (Lipinski definition) is 3. The molecule has 0 fully saturated rings. The van der Waals surface area contributed by atoms with E-state index in [2.05, 4.69) is 72.5 Å². The molecule has 2 rings (SSSR count). The molecule has 0 saturated heterocycles. The molecule has 0 aliphatic carbocycles. The van der Waals surface area contributed by atoms with Crippen LogP contribution in [-0.2, 0) is 0 Å². The number of nitrogens with zero attached hydrogens (tertiary/aromatic N) is 2. The Bertz CT molecular complexity index is 527. The summed E-state index contributed by atoms with van der Waals surface area (Å²) in [5.41, 5.74) is 4.64. The number of anilines is 2. The van der Waals surface area contributed by atoms with E-state index in [1.807, 2.05) is 13.2 Å². The highest BCUT2D eigenvalue weighted by atomic mass is 15.1. The van der Waals surface area contributed by atoms with Crippen LogP contribution in [-0.4, -0.2) is 19.1 Å². The quantitative estimate of drug-likeness (QED) is 0.894. The van der Waals surface area contributed by atoms with Crippen molar-refractivity contribution in [2.24, 2.45) is 0 Å². The van der Waals surface area contributed by atoms with E-state index in [-0.39, 0.29) is 0 Å². The summed E-state index contributed by atoms with van der Waals surface area (Å²) in [7, 11) is 4.04. The zero-order valence-electron chi connectivity index (χ0n) is 12.7. The lowest BCUT2D eigenvalue weighted by Crippen LogP contribution is -2.17. The van der Waals surface area contributed by atoms with E-state index in [1.165, 1.54) is 11.3 Å². The number of hydrogen-bond donors (Lipinski definition) is 1. The fraction of sp³-hybridized carbons (Fsp3) is 0.353. The van der Waals surface area contributed by atoms with Crippen LogP contribution in [0.4, 0.5) is 11.4 Å². The Kier molecular flexibility index (Phi) is 4.74. The van der Waals surface area contributed by atoms with Crippen LogP contribution in [0.3, 0.4) is 0 Å². The molecule has 1 atom stereocenters. The van der Waals surface area contributed by atoms with Crippen molar-refractivity contribution in [3.05, 3.63) is 53.9 Å². The van der Waals surface area contributed by atoms with Crippen molar-refractivity contribution < 1.29 is 0 Å². The average Bonchev–Trinajstić information content (AvgIpc) is 2.49. The van der Waals surface area contributed by atoms with Crippen molar-refractivity contribution in [3.63, 3.8) is 0 Å². The molecule has 20 heavy (non-hydrogen) atoms. The van der Waals surface area contributed by atoms with Gasteiger partial charge in [0.15, 0.2) is 0 Å². The second-order valence-electron chi connectivity index (χ2n) is 5.09. The Morgan fingerprint density at radius 3 is 2.25 bits per heavy atom. The number of rotatable bonds is 5. The molecule has 1 unspecified atom stereocenters. The molecule has 0 amide bonds. The van der Waals surface area contributed by atoms with E-state index in [0.717, 1.165) is 17.8 Å².